The van der Waals surface area contributed by atoms with Gasteiger partial charge in [-0.1, -0.05) is 57.5 Å². The summed E-state index contributed by atoms with van der Waals surface area (Å²) >= 11 is 11.9. The van der Waals surface area contributed by atoms with Gasteiger partial charge >= 0.3 is 5.97 Å². The number of carboxylic acid groups (broad SMARTS) is 1. The summed E-state index contributed by atoms with van der Waals surface area (Å²) in [6.45, 7) is 4.32. The molecule has 36 heavy (non-hydrogen) atoms. The quantitative estimate of drug-likeness (QED) is 0.375. The summed E-state index contributed by atoms with van der Waals surface area (Å²) in [6, 6.07) is 13.1. The minimum atomic E-state index is -0.875. The van der Waals surface area contributed by atoms with E-state index in [1.807, 2.05) is 47.0 Å². The van der Waals surface area contributed by atoms with Gasteiger partial charge in [-0.2, -0.15) is 0 Å². The van der Waals surface area contributed by atoms with Gasteiger partial charge < -0.3 is 9.84 Å². The Kier molecular flexibility index (Phi) is 8.07. The maximum Gasteiger partial charge on any atom is 0.303 e. The first-order valence-corrected chi connectivity index (χ1v) is 13.9. The SMILES string of the molecule is O=C(O)CC[C@@H]1N=C(c2ccccc2Cl)c2cc(Br)ccc2-n2c(SCCN3CCOCC3)nnc21. The van der Waals surface area contributed by atoms with E-state index in [0.717, 1.165) is 65.0 Å². The average Bonchev–Trinajstić information content (AvgIpc) is 3.23. The van der Waals surface area contributed by atoms with Crippen molar-refractivity contribution < 1.29 is 14.6 Å². The van der Waals surface area contributed by atoms with Crippen molar-refractivity contribution in [2.45, 2.75) is 24.0 Å². The molecule has 8 nitrogen and oxygen atoms in total. The van der Waals surface area contributed by atoms with Crippen LogP contribution in [0.1, 0.15) is 35.8 Å². The van der Waals surface area contributed by atoms with Gasteiger partial charge in [0.1, 0.15) is 6.04 Å². The minimum absolute atomic E-state index is 0.0314. The Labute approximate surface area is 226 Å². The topological polar surface area (TPSA) is 92.8 Å². The highest BCUT2D eigenvalue weighted by molar-refractivity contribution is 9.10. The number of aromatic nitrogens is 3. The summed E-state index contributed by atoms with van der Waals surface area (Å²) < 4.78 is 8.39. The van der Waals surface area contributed by atoms with Crippen molar-refractivity contribution in [1.29, 1.82) is 0 Å². The van der Waals surface area contributed by atoms with E-state index >= 15 is 0 Å². The van der Waals surface area contributed by atoms with Crippen LogP contribution in [0.3, 0.4) is 0 Å². The van der Waals surface area contributed by atoms with Crippen LogP contribution in [-0.2, 0) is 9.53 Å². The Balaban J connectivity index is 1.57. The molecule has 3 aromatic rings. The van der Waals surface area contributed by atoms with Crippen molar-refractivity contribution in [3.05, 3.63) is 68.9 Å². The largest absolute Gasteiger partial charge is 0.481 e. The molecule has 0 amide bonds. The normalized spacial score (nSPS) is 17.7. The zero-order chi connectivity index (χ0) is 25.1. The fraction of sp³-hybridized carbons (Fsp3) is 0.360. The lowest BCUT2D eigenvalue weighted by Crippen LogP contribution is -2.37. The van der Waals surface area contributed by atoms with Gasteiger partial charge in [0, 0.05) is 52.4 Å². The van der Waals surface area contributed by atoms with E-state index < -0.39 is 12.0 Å². The molecule has 0 aliphatic carbocycles. The maximum absolute atomic E-state index is 11.5. The second kappa shape index (κ2) is 11.4. The van der Waals surface area contributed by atoms with Crippen molar-refractivity contribution in [3.8, 4) is 5.69 Å². The van der Waals surface area contributed by atoms with E-state index in [2.05, 4.69) is 31.0 Å². The third-order valence-electron chi connectivity index (χ3n) is 6.20. The van der Waals surface area contributed by atoms with Crippen LogP contribution in [-0.4, -0.2) is 75.1 Å². The Morgan fingerprint density at radius 3 is 2.75 bits per heavy atom. The minimum Gasteiger partial charge on any atom is -0.481 e. The Morgan fingerprint density at radius 2 is 1.97 bits per heavy atom. The lowest BCUT2D eigenvalue weighted by Gasteiger charge is -2.26. The number of fused-ring (bicyclic) bond motifs is 3. The molecular weight excluding hydrogens is 566 g/mol. The van der Waals surface area contributed by atoms with E-state index in [9.17, 15) is 9.90 Å². The van der Waals surface area contributed by atoms with Crippen LogP contribution < -0.4 is 0 Å². The molecular formula is C25H25BrClN5O3S. The van der Waals surface area contributed by atoms with E-state index in [-0.39, 0.29) is 6.42 Å². The molecule has 0 bridgehead atoms. The molecule has 3 heterocycles. The number of ether oxygens (including phenoxy) is 1. The highest BCUT2D eigenvalue weighted by Crippen LogP contribution is 2.37. The Morgan fingerprint density at radius 1 is 1.17 bits per heavy atom. The number of carbonyl (C=O) groups is 1. The number of benzene rings is 2. The van der Waals surface area contributed by atoms with Gasteiger partial charge in [0.25, 0.3) is 0 Å². The predicted molar refractivity (Wildman–Crippen MR) is 144 cm³/mol. The zero-order valence-corrected chi connectivity index (χ0v) is 22.6. The molecule has 2 aliphatic heterocycles. The average molecular weight is 591 g/mol. The number of nitrogens with zero attached hydrogens (tertiary/aromatic N) is 5. The van der Waals surface area contributed by atoms with Gasteiger partial charge in [-0.3, -0.25) is 19.3 Å². The van der Waals surface area contributed by atoms with Crippen molar-refractivity contribution >= 4 is 51.0 Å². The second-order valence-corrected chi connectivity index (χ2v) is 10.9. The molecule has 188 valence electrons. The van der Waals surface area contributed by atoms with Gasteiger partial charge in [-0.25, -0.2) is 0 Å². The molecule has 1 saturated heterocycles. The van der Waals surface area contributed by atoms with Gasteiger partial charge in [0.05, 0.1) is 24.6 Å². The van der Waals surface area contributed by atoms with Gasteiger partial charge in [-0.05, 0) is 30.7 Å². The number of thioether (sulfide) groups is 1. The van der Waals surface area contributed by atoms with E-state index in [0.29, 0.717) is 23.0 Å². The lowest BCUT2D eigenvalue weighted by atomic mass is 10.00. The standard InChI is InChI=1S/C25H25BrClN5O3S/c26-16-5-7-21-18(15-16)23(17-3-1-2-4-19(17)27)28-20(6-8-22(33)34)24-29-30-25(32(21)24)36-14-11-31-9-12-35-13-10-31/h1-5,7,15,20H,6,8-14H2,(H,33,34)/t20-/m0/s1. The highest BCUT2D eigenvalue weighted by atomic mass is 79.9. The van der Waals surface area contributed by atoms with Gasteiger partial charge in [0.2, 0.25) is 0 Å². The van der Waals surface area contributed by atoms with Crippen LogP contribution in [0.25, 0.3) is 5.69 Å². The van der Waals surface area contributed by atoms with E-state index in [4.69, 9.17) is 21.3 Å². The molecule has 1 fully saturated rings. The summed E-state index contributed by atoms with van der Waals surface area (Å²) in [5.41, 5.74) is 3.27. The first-order valence-electron chi connectivity index (χ1n) is 11.7. The summed E-state index contributed by atoms with van der Waals surface area (Å²) in [7, 11) is 0. The highest BCUT2D eigenvalue weighted by Gasteiger charge is 2.30. The molecule has 2 aliphatic rings. The summed E-state index contributed by atoms with van der Waals surface area (Å²) in [5, 5.41) is 19.8. The first kappa shape index (κ1) is 25.4. The van der Waals surface area contributed by atoms with Gasteiger partial charge in [-0.15, -0.1) is 10.2 Å². The molecule has 0 unspecified atom stereocenters. The Bertz CT molecular complexity index is 1290. The zero-order valence-electron chi connectivity index (χ0n) is 19.4. The van der Waals surface area contributed by atoms with Gasteiger partial charge in [0.15, 0.2) is 11.0 Å². The van der Waals surface area contributed by atoms with Crippen molar-refractivity contribution in [2.75, 3.05) is 38.6 Å². The van der Waals surface area contributed by atoms with Crippen molar-refractivity contribution in [1.82, 2.24) is 19.7 Å². The predicted octanol–water partition coefficient (Wildman–Crippen LogP) is 4.86. The number of rotatable bonds is 8. The summed E-state index contributed by atoms with van der Waals surface area (Å²) in [4.78, 5) is 18.9. The molecule has 0 spiro atoms. The fourth-order valence-corrected chi connectivity index (χ4v) is 5.94. The van der Waals surface area contributed by atoms with Crippen LogP contribution in [0.4, 0.5) is 0 Å². The Hall–Kier alpha value is -2.24. The van der Waals surface area contributed by atoms with E-state index in [1.54, 1.807) is 11.8 Å². The fourth-order valence-electron chi connectivity index (χ4n) is 4.41. The molecule has 1 aromatic heterocycles. The smallest absolute Gasteiger partial charge is 0.303 e. The molecule has 5 rings (SSSR count). The number of hydrogen-bond donors (Lipinski definition) is 1. The number of carboxylic acids is 1. The van der Waals surface area contributed by atoms with E-state index in [1.165, 1.54) is 0 Å². The third kappa shape index (κ3) is 5.52. The molecule has 1 N–H and O–H groups in total. The number of hydrogen-bond acceptors (Lipinski definition) is 7. The van der Waals surface area contributed by atoms with Crippen LogP contribution in [0.2, 0.25) is 5.02 Å². The molecule has 1 atom stereocenters. The van der Waals surface area contributed by atoms with Crippen molar-refractivity contribution in [3.63, 3.8) is 0 Å². The van der Waals surface area contributed by atoms with Crippen LogP contribution in [0.15, 0.2) is 57.1 Å². The molecule has 11 heteroatoms. The number of halogens is 2. The first-order chi connectivity index (χ1) is 17.5. The van der Waals surface area contributed by atoms with Crippen LogP contribution in [0.5, 0.6) is 0 Å². The monoisotopic (exact) mass is 589 g/mol. The van der Waals surface area contributed by atoms with Crippen molar-refractivity contribution in [2.24, 2.45) is 4.99 Å². The summed E-state index contributed by atoms with van der Waals surface area (Å²) in [5.74, 6) is 0.609. The van der Waals surface area contributed by atoms with Crippen LogP contribution in [0, 0.1) is 0 Å². The maximum atomic E-state index is 11.5. The lowest BCUT2D eigenvalue weighted by molar-refractivity contribution is -0.137. The number of morpholine rings is 1. The molecule has 2 aromatic carbocycles. The second-order valence-electron chi connectivity index (χ2n) is 8.55. The van der Waals surface area contributed by atoms with Crippen LogP contribution >= 0.6 is 39.3 Å². The molecule has 0 saturated carbocycles. The number of aliphatic carboxylic acids is 1. The molecule has 0 radical (unpaired) electrons. The third-order valence-corrected chi connectivity index (χ3v) is 7.93. The number of aliphatic imine (C=N–C) groups is 1. The summed E-state index contributed by atoms with van der Waals surface area (Å²) in [6.07, 6.45) is 0.269.